The van der Waals surface area contributed by atoms with Gasteiger partial charge >= 0.3 is 0 Å². The van der Waals surface area contributed by atoms with Gasteiger partial charge in [-0.05, 0) is 60.2 Å². The number of benzene rings is 3. The number of rotatable bonds is 6. The first-order chi connectivity index (χ1) is 15.1. The summed E-state index contributed by atoms with van der Waals surface area (Å²) < 4.78 is 16.0. The highest BCUT2D eigenvalue weighted by molar-refractivity contribution is 6.33. The molecular weight excluding hydrogens is 392 g/mol. The van der Waals surface area contributed by atoms with E-state index in [9.17, 15) is 4.79 Å². The molecule has 0 radical (unpaired) electrons. The molecule has 1 aliphatic heterocycles. The first-order valence-corrected chi connectivity index (χ1v) is 9.71. The van der Waals surface area contributed by atoms with Gasteiger partial charge in [0.25, 0.3) is 5.91 Å². The van der Waals surface area contributed by atoms with E-state index >= 15 is 0 Å². The minimum atomic E-state index is -0.220. The zero-order valence-electron chi connectivity index (χ0n) is 17.5. The molecule has 0 saturated heterocycles. The van der Waals surface area contributed by atoms with Gasteiger partial charge in [-0.25, -0.2) is 4.99 Å². The third kappa shape index (κ3) is 4.00. The molecule has 6 nitrogen and oxygen atoms in total. The topological polar surface area (TPSA) is 60.4 Å². The van der Waals surface area contributed by atoms with Crippen LogP contribution in [-0.2, 0) is 4.79 Å². The van der Waals surface area contributed by atoms with Crippen LogP contribution in [0.25, 0.3) is 6.08 Å². The summed E-state index contributed by atoms with van der Waals surface area (Å²) in [5.41, 5.74) is 2.60. The lowest BCUT2D eigenvalue weighted by molar-refractivity contribution is -0.113. The Morgan fingerprint density at radius 3 is 2.00 bits per heavy atom. The summed E-state index contributed by atoms with van der Waals surface area (Å²) in [6.07, 6.45) is 1.76. The Bertz CT molecular complexity index is 1150. The molecule has 0 bridgehead atoms. The number of hydrogen-bond donors (Lipinski definition) is 0. The second kappa shape index (κ2) is 8.75. The van der Waals surface area contributed by atoms with E-state index in [4.69, 9.17) is 19.2 Å². The highest BCUT2D eigenvalue weighted by Crippen LogP contribution is 2.32. The Morgan fingerprint density at radius 1 is 0.774 bits per heavy atom. The summed E-state index contributed by atoms with van der Waals surface area (Å²) >= 11 is 0. The van der Waals surface area contributed by atoms with E-state index < -0.39 is 0 Å². The number of methoxy groups -OCH3 is 3. The zero-order valence-corrected chi connectivity index (χ0v) is 17.5. The maximum absolute atomic E-state index is 13.4. The largest absolute Gasteiger partial charge is 0.497 e. The molecule has 156 valence electrons. The van der Waals surface area contributed by atoms with Gasteiger partial charge in [0.1, 0.15) is 22.9 Å². The van der Waals surface area contributed by atoms with Crippen LogP contribution in [-0.4, -0.2) is 33.1 Å². The Hall–Kier alpha value is -4.06. The lowest BCUT2D eigenvalue weighted by Crippen LogP contribution is -2.32. The lowest BCUT2D eigenvalue weighted by Gasteiger charge is -2.20. The number of ether oxygens (including phenoxy) is 3. The van der Waals surface area contributed by atoms with Crippen molar-refractivity contribution in [3.8, 4) is 17.2 Å². The molecule has 1 amide bonds. The number of aliphatic imine (C=N–C) groups is 1. The van der Waals surface area contributed by atoms with Crippen molar-refractivity contribution in [2.75, 3.05) is 26.2 Å². The van der Waals surface area contributed by atoms with Crippen molar-refractivity contribution < 1.29 is 19.0 Å². The van der Waals surface area contributed by atoms with E-state index in [0.29, 0.717) is 28.7 Å². The van der Waals surface area contributed by atoms with Crippen molar-refractivity contribution in [3.63, 3.8) is 0 Å². The Balaban J connectivity index is 1.81. The number of carbonyl (C=O) groups excluding carboxylic acids is 1. The quantitative estimate of drug-likeness (QED) is 0.556. The van der Waals surface area contributed by atoms with E-state index in [1.54, 1.807) is 32.3 Å². The van der Waals surface area contributed by atoms with Gasteiger partial charge in [-0.2, -0.15) is 0 Å². The summed E-state index contributed by atoms with van der Waals surface area (Å²) in [4.78, 5) is 19.7. The SMILES string of the molecule is COc1ccc(/C=C2/N=C(c3ccccc3OC)N(c3ccc(OC)cc3)C2=O)cc1. The van der Waals surface area contributed by atoms with Gasteiger partial charge < -0.3 is 14.2 Å². The summed E-state index contributed by atoms with van der Waals surface area (Å²) in [5.74, 6) is 2.38. The average Bonchev–Trinajstić information content (AvgIpc) is 3.15. The van der Waals surface area contributed by atoms with Crippen molar-refractivity contribution in [1.29, 1.82) is 0 Å². The molecule has 0 aliphatic carbocycles. The van der Waals surface area contributed by atoms with E-state index in [-0.39, 0.29) is 5.91 Å². The fourth-order valence-corrected chi connectivity index (χ4v) is 3.36. The van der Waals surface area contributed by atoms with Gasteiger partial charge in [-0.3, -0.25) is 9.69 Å². The predicted octanol–water partition coefficient (Wildman–Crippen LogP) is 4.55. The smallest absolute Gasteiger partial charge is 0.282 e. The first kappa shape index (κ1) is 20.2. The molecule has 0 N–H and O–H groups in total. The molecule has 0 spiro atoms. The zero-order chi connectivity index (χ0) is 21.8. The Labute approximate surface area is 181 Å². The summed E-state index contributed by atoms with van der Waals surface area (Å²) in [6, 6.07) is 22.2. The minimum absolute atomic E-state index is 0.220. The fraction of sp³-hybridized carbons (Fsp3) is 0.120. The number of amidine groups is 1. The number of amides is 1. The van der Waals surface area contributed by atoms with Crippen molar-refractivity contribution in [3.05, 3.63) is 89.6 Å². The van der Waals surface area contributed by atoms with Crippen LogP contribution >= 0.6 is 0 Å². The normalized spacial score (nSPS) is 14.5. The molecule has 1 aliphatic rings. The Kier molecular flexibility index (Phi) is 5.71. The van der Waals surface area contributed by atoms with Gasteiger partial charge in [-0.15, -0.1) is 0 Å². The summed E-state index contributed by atoms with van der Waals surface area (Å²) in [5, 5.41) is 0. The van der Waals surface area contributed by atoms with Crippen molar-refractivity contribution in [2.24, 2.45) is 4.99 Å². The molecule has 31 heavy (non-hydrogen) atoms. The van der Waals surface area contributed by atoms with Crippen LogP contribution < -0.4 is 19.1 Å². The lowest BCUT2D eigenvalue weighted by atomic mass is 10.1. The molecule has 1 heterocycles. The minimum Gasteiger partial charge on any atom is -0.497 e. The van der Waals surface area contributed by atoms with E-state index in [2.05, 4.69) is 0 Å². The maximum atomic E-state index is 13.4. The first-order valence-electron chi connectivity index (χ1n) is 9.71. The van der Waals surface area contributed by atoms with Crippen LogP contribution in [0.2, 0.25) is 0 Å². The molecule has 0 fully saturated rings. The van der Waals surface area contributed by atoms with Gasteiger partial charge in [0.2, 0.25) is 0 Å². The summed E-state index contributed by atoms with van der Waals surface area (Å²) in [7, 11) is 4.82. The molecule has 0 atom stereocenters. The van der Waals surface area contributed by atoms with E-state index in [1.807, 2.05) is 72.8 Å². The highest BCUT2D eigenvalue weighted by atomic mass is 16.5. The number of para-hydroxylation sites is 1. The van der Waals surface area contributed by atoms with Crippen molar-refractivity contribution in [1.82, 2.24) is 0 Å². The summed E-state index contributed by atoms with van der Waals surface area (Å²) in [6.45, 7) is 0. The third-order valence-electron chi connectivity index (χ3n) is 4.96. The van der Waals surface area contributed by atoms with Crippen molar-refractivity contribution >= 4 is 23.5 Å². The van der Waals surface area contributed by atoms with E-state index in [0.717, 1.165) is 16.9 Å². The van der Waals surface area contributed by atoms with Gasteiger partial charge in [-0.1, -0.05) is 24.3 Å². The maximum Gasteiger partial charge on any atom is 0.282 e. The predicted molar refractivity (Wildman–Crippen MR) is 121 cm³/mol. The van der Waals surface area contributed by atoms with Crippen LogP contribution in [0, 0.1) is 0 Å². The fourth-order valence-electron chi connectivity index (χ4n) is 3.36. The third-order valence-corrected chi connectivity index (χ3v) is 4.96. The van der Waals surface area contributed by atoms with Crippen LogP contribution in [0.15, 0.2) is 83.5 Å². The highest BCUT2D eigenvalue weighted by Gasteiger charge is 2.33. The molecule has 0 saturated carbocycles. The molecule has 3 aromatic carbocycles. The van der Waals surface area contributed by atoms with Crippen LogP contribution in [0.5, 0.6) is 17.2 Å². The number of nitrogens with zero attached hydrogens (tertiary/aromatic N) is 2. The molecular formula is C25H22N2O4. The number of carbonyl (C=O) groups is 1. The second-order valence-electron chi connectivity index (χ2n) is 6.78. The number of hydrogen-bond acceptors (Lipinski definition) is 5. The van der Waals surface area contributed by atoms with Crippen LogP contribution in [0.4, 0.5) is 5.69 Å². The van der Waals surface area contributed by atoms with Gasteiger partial charge in [0, 0.05) is 0 Å². The monoisotopic (exact) mass is 414 g/mol. The average molecular weight is 414 g/mol. The standard InChI is InChI=1S/C25H22N2O4/c1-29-19-12-8-17(9-13-19)16-22-25(28)27(18-10-14-20(30-2)15-11-18)24(26-22)21-6-4-5-7-23(21)31-3/h4-16H,1-3H3/b22-16+. The molecule has 4 rings (SSSR count). The van der Waals surface area contributed by atoms with Crippen molar-refractivity contribution in [2.45, 2.75) is 0 Å². The molecule has 0 unspecified atom stereocenters. The second-order valence-corrected chi connectivity index (χ2v) is 6.78. The van der Waals surface area contributed by atoms with Crippen LogP contribution in [0.1, 0.15) is 11.1 Å². The molecule has 3 aromatic rings. The molecule has 6 heteroatoms. The van der Waals surface area contributed by atoms with Crippen LogP contribution in [0.3, 0.4) is 0 Å². The van der Waals surface area contributed by atoms with E-state index in [1.165, 1.54) is 0 Å². The molecule has 0 aromatic heterocycles. The number of anilines is 1. The Morgan fingerprint density at radius 2 is 1.39 bits per heavy atom. The van der Waals surface area contributed by atoms with Gasteiger partial charge in [0.15, 0.2) is 5.84 Å². The van der Waals surface area contributed by atoms with Gasteiger partial charge in [0.05, 0.1) is 32.6 Å².